The molecule has 2 amide bonds. The minimum atomic E-state index is -0.0363. The molecule has 1 saturated carbocycles. The van der Waals surface area contributed by atoms with Gasteiger partial charge in [0.25, 0.3) is 0 Å². The Morgan fingerprint density at radius 3 is 2.39 bits per heavy atom. The second-order valence-electron chi connectivity index (χ2n) is 5.00. The van der Waals surface area contributed by atoms with Gasteiger partial charge in [-0.25, -0.2) is 4.79 Å². The van der Waals surface area contributed by atoms with E-state index in [0.717, 1.165) is 18.4 Å². The highest BCUT2D eigenvalue weighted by molar-refractivity contribution is 5.74. The number of benzene rings is 1. The molecule has 1 aromatic rings. The monoisotopic (exact) mass is 246 g/mol. The molecule has 0 aromatic heterocycles. The van der Waals surface area contributed by atoms with Gasteiger partial charge in [0.1, 0.15) is 0 Å². The third kappa shape index (κ3) is 4.40. The summed E-state index contributed by atoms with van der Waals surface area (Å²) in [6.45, 7) is 0.597. The molecule has 0 saturated heterocycles. The number of amides is 2. The van der Waals surface area contributed by atoms with E-state index < -0.39 is 0 Å². The first kappa shape index (κ1) is 12.9. The summed E-state index contributed by atoms with van der Waals surface area (Å²) in [4.78, 5) is 11.8. The number of carbonyl (C=O) groups is 1. The van der Waals surface area contributed by atoms with E-state index in [2.05, 4.69) is 10.6 Å². The van der Waals surface area contributed by atoms with Crippen molar-refractivity contribution in [2.24, 2.45) is 0 Å². The van der Waals surface area contributed by atoms with Crippen molar-refractivity contribution in [1.29, 1.82) is 0 Å². The summed E-state index contributed by atoms with van der Waals surface area (Å²) in [5.41, 5.74) is 1.13. The molecule has 0 radical (unpaired) electrons. The summed E-state index contributed by atoms with van der Waals surface area (Å²) in [7, 11) is 0. The largest absolute Gasteiger partial charge is 0.335 e. The predicted molar refractivity (Wildman–Crippen MR) is 73.3 cm³/mol. The summed E-state index contributed by atoms with van der Waals surface area (Å²) in [6.07, 6.45) is 7.35. The Labute approximate surface area is 109 Å². The van der Waals surface area contributed by atoms with Gasteiger partial charge in [-0.2, -0.15) is 0 Å². The van der Waals surface area contributed by atoms with Gasteiger partial charge < -0.3 is 10.6 Å². The number of carbonyl (C=O) groups excluding carboxylic acids is 1. The maximum atomic E-state index is 11.8. The first-order valence-corrected chi connectivity index (χ1v) is 6.93. The van der Waals surface area contributed by atoms with Crippen LogP contribution in [-0.2, 0) is 6.54 Å². The summed E-state index contributed by atoms with van der Waals surface area (Å²) < 4.78 is 0. The van der Waals surface area contributed by atoms with E-state index in [1.54, 1.807) is 0 Å². The zero-order valence-electron chi connectivity index (χ0n) is 10.8. The Balaban J connectivity index is 1.71. The van der Waals surface area contributed by atoms with Crippen LogP contribution >= 0.6 is 0 Å². The molecule has 3 nitrogen and oxygen atoms in total. The molecule has 18 heavy (non-hydrogen) atoms. The second-order valence-corrected chi connectivity index (χ2v) is 5.00. The predicted octanol–water partition coefficient (Wildman–Crippen LogP) is 3.21. The van der Waals surface area contributed by atoms with Crippen molar-refractivity contribution in [3.05, 3.63) is 35.9 Å². The van der Waals surface area contributed by atoms with Gasteiger partial charge in [0, 0.05) is 12.6 Å². The summed E-state index contributed by atoms with van der Waals surface area (Å²) in [6, 6.07) is 10.3. The van der Waals surface area contributed by atoms with E-state index in [0.29, 0.717) is 12.6 Å². The van der Waals surface area contributed by atoms with Gasteiger partial charge in [-0.1, -0.05) is 56.0 Å². The molecule has 0 atom stereocenters. The van der Waals surface area contributed by atoms with Gasteiger partial charge in [-0.3, -0.25) is 0 Å². The molecule has 0 spiro atoms. The Morgan fingerprint density at radius 2 is 1.72 bits per heavy atom. The van der Waals surface area contributed by atoms with Crippen LogP contribution in [0.2, 0.25) is 0 Å². The molecular weight excluding hydrogens is 224 g/mol. The van der Waals surface area contributed by atoms with E-state index in [1.165, 1.54) is 25.7 Å². The smallest absolute Gasteiger partial charge is 0.315 e. The zero-order chi connectivity index (χ0) is 12.6. The quantitative estimate of drug-likeness (QED) is 0.790. The van der Waals surface area contributed by atoms with Crippen LogP contribution in [0, 0.1) is 0 Å². The lowest BCUT2D eigenvalue weighted by molar-refractivity contribution is 0.235. The molecule has 1 aliphatic carbocycles. The first-order chi connectivity index (χ1) is 8.84. The number of hydrogen-bond acceptors (Lipinski definition) is 1. The van der Waals surface area contributed by atoms with Crippen molar-refractivity contribution in [3.8, 4) is 0 Å². The molecule has 0 bridgehead atoms. The van der Waals surface area contributed by atoms with E-state index in [9.17, 15) is 4.79 Å². The lowest BCUT2D eigenvalue weighted by atomic mass is 10.1. The molecule has 1 fully saturated rings. The molecule has 0 unspecified atom stereocenters. The van der Waals surface area contributed by atoms with Crippen LogP contribution in [0.15, 0.2) is 30.3 Å². The van der Waals surface area contributed by atoms with Crippen molar-refractivity contribution >= 4 is 6.03 Å². The highest BCUT2D eigenvalue weighted by Gasteiger charge is 2.14. The molecule has 2 rings (SSSR count). The second kappa shape index (κ2) is 7.04. The molecule has 1 aliphatic rings. The summed E-state index contributed by atoms with van der Waals surface area (Å²) in [5.74, 6) is 0. The van der Waals surface area contributed by atoms with Crippen molar-refractivity contribution in [1.82, 2.24) is 10.6 Å². The fraction of sp³-hybridized carbons (Fsp3) is 0.533. The lowest BCUT2D eigenvalue weighted by Crippen LogP contribution is -2.41. The van der Waals surface area contributed by atoms with Gasteiger partial charge >= 0.3 is 6.03 Å². The molecule has 0 heterocycles. The molecular formula is C15H22N2O. The van der Waals surface area contributed by atoms with Crippen molar-refractivity contribution in [2.75, 3.05) is 0 Å². The van der Waals surface area contributed by atoms with Crippen LogP contribution in [0.3, 0.4) is 0 Å². The minimum absolute atomic E-state index is 0.0363. The summed E-state index contributed by atoms with van der Waals surface area (Å²) in [5, 5.41) is 6.00. The van der Waals surface area contributed by atoms with Crippen molar-refractivity contribution in [2.45, 2.75) is 51.1 Å². The highest BCUT2D eigenvalue weighted by Crippen LogP contribution is 2.16. The lowest BCUT2D eigenvalue weighted by Gasteiger charge is -2.16. The van der Waals surface area contributed by atoms with Gasteiger partial charge in [0.05, 0.1) is 0 Å². The number of nitrogens with one attached hydrogen (secondary N) is 2. The van der Waals surface area contributed by atoms with Crippen LogP contribution < -0.4 is 10.6 Å². The Morgan fingerprint density at radius 1 is 1.06 bits per heavy atom. The number of urea groups is 1. The van der Waals surface area contributed by atoms with E-state index in [-0.39, 0.29) is 6.03 Å². The summed E-state index contributed by atoms with van der Waals surface area (Å²) >= 11 is 0. The zero-order valence-corrected chi connectivity index (χ0v) is 10.8. The van der Waals surface area contributed by atoms with Crippen LogP contribution in [0.5, 0.6) is 0 Å². The molecule has 1 aromatic carbocycles. The SMILES string of the molecule is O=C(NCc1ccccc1)NC1CCCCCC1. The third-order valence-electron chi connectivity index (χ3n) is 3.49. The maximum Gasteiger partial charge on any atom is 0.315 e. The normalized spacial score (nSPS) is 16.9. The van der Waals surface area contributed by atoms with Gasteiger partial charge in [0.2, 0.25) is 0 Å². The van der Waals surface area contributed by atoms with E-state index in [4.69, 9.17) is 0 Å². The molecule has 0 aliphatic heterocycles. The highest BCUT2D eigenvalue weighted by atomic mass is 16.2. The van der Waals surface area contributed by atoms with Gasteiger partial charge in [-0.05, 0) is 18.4 Å². The molecule has 98 valence electrons. The molecule has 2 N–H and O–H groups in total. The number of rotatable bonds is 3. The topological polar surface area (TPSA) is 41.1 Å². The average molecular weight is 246 g/mol. The first-order valence-electron chi connectivity index (χ1n) is 6.93. The van der Waals surface area contributed by atoms with E-state index >= 15 is 0 Å². The Hall–Kier alpha value is -1.51. The van der Waals surface area contributed by atoms with Crippen LogP contribution in [0.25, 0.3) is 0 Å². The van der Waals surface area contributed by atoms with E-state index in [1.807, 2.05) is 30.3 Å². The average Bonchev–Trinajstić information content (AvgIpc) is 2.66. The van der Waals surface area contributed by atoms with Crippen LogP contribution in [-0.4, -0.2) is 12.1 Å². The Bertz CT molecular complexity index is 356. The van der Waals surface area contributed by atoms with Crippen molar-refractivity contribution in [3.63, 3.8) is 0 Å². The van der Waals surface area contributed by atoms with Crippen molar-refractivity contribution < 1.29 is 4.79 Å². The van der Waals surface area contributed by atoms with Crippen LogP contribution in [0.4, 0.5) is 4.79 Å². The van der Waals surface area contributed by atoms with Gasteiger partial charge in [-0.15, -0.1) is 0 Å². The third-order valence-corrected chi connectivity index (χ3v) is 3.49. The standard InChI is InChI=1S/C15H22N2O/c18-15(16-12-13-8-4-3-5-9-13)17-14-10-6-1-2-7-11-14/h3-5,8-9,14H,1-2,6-7,10-12H2,(H2,16,17,18). The number of hydrogen-bond donors (Lipinski definition) is 2. The minimum Gasteiger partial charge on any atom is -0.335 e. The fourth-order valence-corrected chi connectivity index (χ4v) is 2.44. The Kier molecular flexibility index (Phi) is 5.06. The molecule has 3 heteroatoms. The fourth-order valence-electron chi connectivity index (χ4n) is 2.44. The van der Waals surface area contributed by atoms with Crippen LogP contribution in [0.1, 0.15) is 44.1 Å². The van der Waals surface area contributed by atoms with Gasteiger partial charge in [0.15, 0.2) is 0 Å². The maximum absolute atomic E-state index is 11.8.